The molecule has 0 aliphatic rings. The van der Waals surface area contributed by atoms with Gasteiger partial charge in [-0.2, -0.15) is 0 Å². The summed E-state index contributed by atoms with van der Waals surface area (Å²) in [5.41, 5.74) is 0. The molecule has 5 atom stereocenters. The minimum absolute atomic E-state index is 0.0298. The van der Waals surface area contributed by atoms with Crippen LogP contribution in [0.5, 0.6) is 0 Å². The molecular formula is C21H43NO8. The Balaban J connectivity index is 4.35. The van der Waals surface area contributed by atoms with Crippen LogP contribution in [0.25, 0.3) is 0 Å². The van der Waals surface area contributed by atoms with E-state index in [4.69, 9.17) is 5.11 Å². The smallest absolute Gasteiger partial charge is 0.254 e. The van der Waals surface area contributed by atoms with Gasteiger partial charge in [0, 0.05) is 13.1 Å². The molecule has 0 aromatic carbocycles. The first-order valence-electron chi connectivity index (χ1n) is 11.2. The van der Waals surface area contributed by atoms with E-state index in [9.17, 15) is 35.4 Å². The van der Waals surface area contributed by atoms with Crippen LogP contribution in [-0.2, 0) is 4.79 Å². The van der Waals surface area contributed by atoms with E-state index in [1.165, 1.54) is 43.4 Å². The Morgan fingerprint density at radius 1 is 0.700 bits per heavy atom. The highest BCUT2D eigenvalue weighted by molar-refractivity contribution is 5.81. The van der Waals surface area contributed by atoms with Crippen molar-refractivity contribution in [3.8, 4) is 0 Å². The zero-order valence-corrected chi connectivity index (χ0v) is 18.3. The van der Waals surface area contributed by atoms with Crippen LogP contribution in [0.4, 0.5) is 0 Å². The first-order chi connectivity index (χ1) is 14.3. The largest absolute Gasteiger partial charge is 0.395 e. The second-order valence-corrected chi connectivity index (χ2v) is 7.90. The Hall–Kier alpha value is -0.810. The lowest BCUT2D eigenvalue weighted by molar-refractivity contribution is -0.164. The van der Waals surface area contributed by atoms with Crippen molar-refractivity contribution in [1.29, 1.82) is 0 Å². The molecule has 5 unspecified atom stereocenters. The Morgan fingerprint density at radius 2 is 1.20 bits per heavy atom. The molecule has 0 saturated carbocycles. The zero-order valence-electron chi connectivity index (χ0n) is 18.3. The maximum atomic E-state index is 12.4. The summed E-state index contributed by atoms with van der Waals surface area (Å²) < 4.78 is 0. The van der Waals surface area contributed by atoms with Gasteiger partial charge in [-0.1, -0.05) is 64.7 Å². The maximum Gasteiger partial charge on any atom is 0.254 e. The van der Waals surface area contributed by atoms with Crippen LogP contribution in [0.1, 0.15) is 71.1 Å². The molecule has 0 spiro atoms. The van der Waals surface area contributed by atoms with Gasteiger partial charge in [-0.15, -0.1) is 0 Å². The highest BCUT2D eigenvalue weighted by atomic mass is 16.4. The molecule has 0 aliphatic heterocycles. The van der Waals surface area contributed by atoms with Crippen molar-refractivity contribution in [3.05, 3.63) is 0 Å². The zero-order chi connectivity index (χ0) is 22.9. The lowest BCUT2D eigenvalue weighted by atomic mass is 9.98. The fourth-order valence-electron chi connectivity index (χ4n) is 3.30. The topological polar surface area (TPSA) is 162 Å². The summed E-state index contributed by atoms with van der Waals surface area (Å²) in [7, 11) is 0. The van der Waals surface area contributed by atoms with E-state index in [1.807, 2.05) is 0 Å². The van der Waals surface area contributed by atoms with Gasteiger partial charge in [0.25, 0.3) is 5.91 Å². The molecule has 180 valence electrons. The number of nitrogens with zero attached hydrogens (tertiary/aromatic N) is 1. The number of unbranched alkanes of at least 4 members (excludes halogenated alkanes) is 9. The summed E-state index contributed by atoms with van der Waals surface area (Å²) in [6.07, 6.45) is 1.46. The van der Waals surface area contributed by atoms with E-state index in [0.29, 0.717) is 6.42 Å². The summed E-state index contributed by atoms with van der Waals surface area (Å²) in [6, 6.07) is 0. The normalized spacial score (nSPS) is 16.7. The molecule has 9 nitrogen and oxygen atoms in total. The average molecular weight is 438 g/mol. The lowest BCUT2D eigenvalue weighted by Crippen LogP contribution is -2.55. The van der Waals surface area contributed by atoms with Gasteiger partial charge in [-0.05, 0) is 6.42 Å². The fraction of sp³-hybridized carbons (Fsp3) is 0.952. The summed E-state index contributed by atoms with van der Waals surface area (Å²) in [5, 5.41) is 66.8. The molecule has 0 fully saturated rings. The van der Waals surface area contributed by atoms with Crippen molar-refractivity contribution in [2.45, 2.75) is 102 Å². The molecule has 0 rings (SSSR count). The molecule has 0 heterocycles. The van der Waals surface area contributed by atoms with E-state index < -0.39 is 43.0 Å². The summed E-state index contributed by atoms with van der Waals surface area (Å²) in [5.74, 6) is -0.878. The molecule has 0 aliphatic carbocycles. The Kier molecular flexibility index (Phi) is 17.3. The lowest BCUT2D eigenvalue weighted by Gasteiger charge is -2.31. The van der Waals surface area contributed by atoms with Gasteiger partial charge in [0.2, 0.25) is 0 Å². The van der Waals surface area contributed by atoms with Gasteiger partial charge in [-0.3, -0.25) is 4.79 Å². The predicted octanol–water partition coefficient (Wildman–Crippen LogP) is -0.475. The molecule has 9 heteroatoms. The summed E-state index contributed by atoms with van der Waals surface area (Å²) in [4.78, 5) is 13.6. The van der Waals surface area contributed by atoms with Gasteiger partial charge in [0.05, 0.1) is 13.2 Å². The van der Waals surface area contributed by atoms with Crippen LogP contribution >= 0.6 is 0 Å². The molecule has 0 radical (unpaired) electrons. The average Bonchev–Trinajstić information content (AvgIpc) is 2.76. The van der Waals surface area contributed by atoms with Crippen molar-refractivity contribution in [3.63, 3.8) is 0 Å². The number of amides is 1. The van der Waals surface area contributed by atoms with E-state index in [1.54, 1.807) is 0 Å². The first-order valence-corrected chi connectivity index (χ1v) is 11.2. The van der Waals surface area contributed by atoms with E-state index in [0.717, 1.165) is 19.3 Å². The minimum atomic E-state index is -2.05. The molecule has 0 bridgehead atoms. The standard InChI is InChI=1S/C21H43NO8/c1-2-3-4-5-6-7-8-9-10-11-12-22(13-14-23)21(30)20(29)19(28)18(27)17(26)16(25)15-24/h16-20,23-29H,2-15H2,1H3. The second-order valence-electron chi connectivity index (χ2n) is 7.90. The predicted molar refractivity (Wildman–Crippen MR) is 113 cm³/mol. The van der Waals surface area contributed by atoms with Crippen LogP contribution in [0, 0.1) is 0 Å². The maximum absolute atomic E-state index is 12.4. The number of rotatable bonds is 19. The fourth-order valence-corrected chi connectivity index (χ4v) is 3.30. The molecule has 0 aromatic heterocycles. The van der Waals surface area contributed by atoms with Gasteiger partial charge < -0.3 is 40.6 Å². The number of carbonyl (C=O) groups is 1. The highest BCUT2D eigenvalue weighted by Gasteiger charge is 2.38. The summed E-state index contributed by atoms with van der Waals surface area (Å²) in [6.45, 7) is 1.28. The molecule has 30 heavy (non-hydrogen) atoms. The molecule has 1 amide bonds. The van der Waals surface area contributed by atoms with Crippen LogP contribution in [0.3, 0.4) is 0 Å². The first kappa shape index (κ1) is 29.2. The molecular weight excluding hydrogens is 394 g/mol. The second kappa shape index (κ2) is 17.8. The highest BCUT2D eigenvalue weighted by Crippen LogP contribution is 2.13. The van der Waals surface area contributed by atoms with Crippen molar-refractivity contribution in [2.75, 3.05) is 26.3 Å². The van der Waals surface area contributed by atoms with E-state index in [-0.39, 0.29) is 19.7 Å². The Bertz CT molecular complexity index is 426. The summed E-state index contributed by atoms with van der Waals surface area (Å²) >= 11 is 0. The molecule has 0 aromatic rings. The third-order valence-electron chi connectivity index (χ3n) is 5.32. The van der Waals surface area contributed by atoms with Crippen molar-refractivity contribution >= 4 is 5.91 Å². The minimum Gasteiger partial charge on any atom is -0.395 e. The third-order valence-corrected chi connectivity index (χ3v) is 5.32. The number of aliphatic hydroxyl groups is 7. The SMILES string of the molecule is CCCCCCCCCCCCN(CCO)C(=O)C(O)C(O)C(O)C(O)C(O)CO. The monoisotopic (exact) mass is 437 g/mol. The third kappa shape index (κ3) is 11.5. The van der Waals surface area contributed by atoms with Gasteiger partial charge in [0.1, 0.15) is 24.4 Å². The van der Waals surface area contributed by atoms with Crippen LogP contribution < -0.4 is 0 Å². The van der Waals surface area contributed by atoms with E-state index >= 15 is 0 Å². The van der Waals surface area contributed by atoms with Gasteiger partial charge in [-0.25, -0.2) is 0 Å². The van der Waals surface area contributed by atoms with Crippen LogP contribution in [-0.4, -0.2) is 103 Å². The molecule has 7 N–H and O–H groups in total. The van der Waals surface area contributed by atoms with Gasteiger partial charge >= 0.3 is 0 Å². The number of hydrogen-bond donors (Lipinski definition) is 7. The van der Waals surface area contributed by atoms with Crippen LogP contribution in [0.2, 0.25) is 0 Å². The van der Waals surface area contributed by atoms with E-state index in [2.05, 4.69) is 6.92 Å². The quantitative estimate of drug-likeness (QED) is 0.133. The number of aliphatic hydroxyl groups excluding tert-OH is 7. The Morgan fingerprint density at radius 3 is 1.67 bits per heavy atom. The van der Waals surface area contributed by atoms with Gasteiger partial charge in [0.15, 0.2) is 6.10 Å². The Labute approximate surface area is 180 Å². The molecule has 0 saturated heterocycles. The van der Waals surface area contributed by atoms with Crippen LogP contribution in [0.15, 0.2) is 0 Å². The van der Waals surface area contributed by atoms with Crippen molar-refractivity contribution in [2.24, 2.45) is 0 Å². The number of hydrogen-bond acceptors (Lipinski definition) is 8. The number of carbonyl (C=O) groups excluding carboxylic acids is 1. The van der Waals surface area contributed by atoms with Crippen molar-refractivity contribution < 1.29 is 40.5 Å². The van der Waals surface area contributed by atoms with Crippen molar-refractivity contribution in [1.82, 2.24) is 4.90 Å².